The highest BCUT2D eigenvalue weighted by atomic mass is 79.9. The van der Waals surface area contributed by atoms with E-state index in [1.165, 1.54) is 11.3 Å². The predicted molar refractivity (Wildman–Crippen MR) is 74.4 cm³/mol. The minimum Gasteiger partial charge on any atom is -0.379 e. The summed E-state index contributed by atoms with van der Waals surface area (Å²) in [6.07, 6.45) is 1.12. The van der Waals surface area contributed by atoms with Crippen molar-refractivity contribution in [1.82, 2.24) is 0 Å². The fourth-order valence-electron chi connectivity index (χ4n) is 2.00. The first kappa shape index (κ1) is 12.4. The minimum atomic E-state index is 0.507. The molecule has 0 spiro atoms. The van der Waals surface area contributed by atoms with Crippen molar-refractivity contribution in [3.8, 4) is 0 Å². The summed E-state index contributed by atoms with van der Waals surface area (Å²) in [6.45, 7) is 1.72. The van der Waals surface area contributed by atoms with Gasteiger partial charge in [0.25, 0.3) is 0 Å². The lowest BCUT2D eigenvalue weighted by Gasteiger charge is -2.27. The van der Waals surface area contributed by atoms with E-state index in [0.29, 0.717) is 6.04 Å². The van der Waals surface area contributed by atoms with Gasteiger partial charge in [-0.05, 0) is 24.1 Å². The van der Waals surface area contributed by atoms with Gasteiger partial charge in [0.1, 0.15) is 0 Å². The molecule has 1 aliphatic heterocycles. The van der Waals surface area contributed by atoms with Gasteiger partial charge >= 0.3 is 0 Å². The lowest BCUT2D eigenvalue weighted by molar-refractivity contribution is 0.193. The summed E-state index contributed by atoms with van der Waals surface area (Å²) < 4.78 is 6.56. The predicted octanol–water partition coefficient (Wildman–Crippen LogP) is 3.57. The van der Waals surface area contributed by atoms with Crippen LogP contribution in [-0.4, -0.2) is 26.3 Å². The largest absolute Gasteiger partial charge is 0.379 e. The zero-order valence-corrected chi connectivity index (χ0v) is 12.4. The Morgan fingerprint density at radius 3 is 2.94 bits per heavy atom. The molecule has 0 saturated carbocycles. The SMILES string of the molecule is CN(c1cc(Br)ccc1CBr)C1CCOC1. The Labute approximate surface area is 113 Å². The molecule has 0 aromatic heterocycles. The number of halogens is 2. The highest BCUT2D eigenvalue weighted by Crippen LogP contribution is 2.29. The van der Waals surface area contributed by atoms with Crippen LogP contribution in [0.15, 0.2) is 22.7 Å². The molecule has 1 saturated heterocycles. The molecule has 1 atom stereocenters. The van der Waals surface area contributed by atoms with E-state index in [-0.39, 0.29) is 0 Å². The van der Waals surface area contributed by atoms with E-state index in [2.05, 4.69) is 62.0 Å². The minimum absolute atomic E-state index is 0.507. The number of nitrogens with zero attached hydrogens (tertiary/aromatic N) is 1. The van der Waals surface area contributed by atoms with Gasteiger partial charge in [-0.15, -0.1) is 0 Å². The molecule has 4 heteroatoms. The van der Waals surface area contributed by atoms with Crippen LogP contribution in [-0.2, 0) is 10.1 Å². The molecule has 2 nitrogen and oxygen atoms in total. The van der Waals surface area contributed by atoms with Crippen LogP contribution in [0.2, 0.25) is 0 Å². The van der Waals surface area contributed by atoms with E-state index in [4.69, 9.17) is 4.74 Å². The molecule has 0 bridgehead atoms. The van der Waals surface area contributed by atoms with Crippen molar-refractivity contribution in [1.29, 1.82) is 0 Å². The standard InChI is InChI=1S/C12H15Br2NO/c1-15(11-4-5-16-8-11)12-6-10(14)3-2-9(12)7-13/h2-3,6,11H,4-5,7-8H2,1H3. The Morgan fingerprint density at radius 1 is 1.50 bits per heavy atom. The summed E-state index contributed by atoms with van der Waals surface area (Å²) in [5.74, 6) is 0. The van der Waals surface area contributed by atoms with E-state index >= 15 is 0 Å². The van der Waals surface area contributed by atoms with Gasteiger partial charge < -0.3 is 9.64 Å². The average molecular weight is 349 g/mol. The van der Waals surface area contributed by atoms with Gasteiger partial charge in [-0.1, -0.05) is 37.9 Å². The third-order valence-electron chi connectivity index (χ3n) is 3.02. The molecular formula is C12H15Br2NO. The van der Waals surface area contributed by atoms with Crippen LogP contribution in [0, 0.1) is 0 Å². The lowest BCUT2D eigenvalue weighted by Crippen LogP contribution is -2.32. The Balaban J connectivity index is 2.26. The number of alkyl halides is 1. The van der Waals surface area contributed by atoms with Crippen molar-refractivity contribution >= 4 is 37.5 Å². The third-order valence-corrected chi connectivity index (χ3v) is 4.12. The second kappa shape index (κ2) is 5.52. The molecule has 0 aliphatic carbocycles. The van der Waals surface area contributed by atoms with Gasteiger partial charge in [0.05, 0.1) is 12.6 Å². The molecule has 1 unspecified atom stereocenters. The molecule has 16 heavy (non-hydrogen) atoms. The number of rotatable bonds is 3. The van der Waals surface area contributed by atoms with Crippen LogP contribution in [0.1, 0.15) is 12.0 Å². The van der Waals surface area contributed by atoms with Gasteiger partial charge in [0.15, 0.2) is 0 Å². The third kappa shape index (κ3) is 2.60. The zero-order valence-electron chi connectivity index (χ0n) is 9.25. The molecule has 0 radical (unpaired) electrons. The van der Waals surface area contributed by atoms with E-state index in [1.54, 1.807) is 0 Å². The number of benzene rings is 1. The fourth-order valence-corrected chi connectivity index (χ4v) is 2.83. The van der Waals surface area contributed by atoms with Crippen molar-refractivity contribution in [2.24, 2.45) is 0 Å². The number of hydrogen-bond acceptors (Lipinski definition) is 2. The van der Waals surface area contributed by atoms with Crippen molar-refractivity contribution in [3.63, 3.8) is 0 Å². The highest BCUT2D eigenvalue weighted by molar-refractivity contribution is 9.10. The Hall–Kier alpha value is -0.0600. The van der Waals surface area contributed by atoms with Crippen LogP contribution < -0.4 is 4.90 Å². The topological polar surface area (TPSA) is 12.5 Å². The molecular weight excluding hydrogens is 334 g/mol. The summed E-state index contributed by atoms with van der Waals surface area (Å²) >= 11 is 7.07. The second-order valence-electron chi connectivity index (χ2n) is 4.03. The number of anilines is 1. The zero-order chi connectivity index (χ0) is 11.5. The van der Waals surface area contributed by atoms with Crippen molar-refractivity contribution < 1.29 is 4.74 Å². The smallest absolute Gasteiger partial charge is 0.0670 e. The first-order valence-electron chi connectivity index (χ1n) is 5.37. The molecule has 88 valence electrons. The summed E-state index contributed by atoms with van der Waals surface area (Å²) in [5.41, 5.74) is 2.60. The second-order valence-corrected chi connectivity index (χ2v) is 5.51. The van der Waals surface area contributed by atoms with E-state index in [9.17, 15) is 0 Å². The molecule has 0 amide bonds. The van der Waals surface area contributed by atoms with E-state index in [1.807, 2.05) is 0 Å². The Kier molecular flexibility index (Phi) is 4.27. The first-order valence-corrected chi connectivity index (χ1v) is 7.29. The van der Waals surface area contributed by atoms with Gasteiger partial charge in [-0.25, -0.2) is 0 Å². The van der Waals surface area contributed by atoms with Crippen molar-refractivity contribution in [2.75, 3.05) is 25.2 Å². The normalized spacial score (nSPS) is 20.1. The van der Waals surface area contributed by atoms with Crippen LogP contribution in [0.4, 0.5) is 5.69 Å². The molecule has 2 rings (SSSR count). The van der Waals surface area contributed by atoms with Gasteiger partial charge in [-0.2, -0.15) is 0 Å². The highest BCUT2D eigenvalue weighted by Gasteiger charge is 2.22. The monoisotopic (exact) mass is 347 g/mol. The van der Waals surface area contributed by atoms with E-state index < -0.39 is 0 Å². The number of ether oxygens (including phenoxy) is 1. The van der Waals surface area contributed by atoms with Gasteiger partial charge in [0.2, 0.25) is 0 Å². The van der Waals surface area contributed by atoms with Crippen LogP contribution in [0.5, 0.6) is 0 Å². The summed E-state index contributed by atoms with van der Waals surface area (Å²) in [5, 5.41) is 0.882. The molecule has 1 aromatic carbocycles. The quantitative estimate of drug-likeness (QED) is 0.774. The van der Waals surface area contributed by atoms with Gasteiger partial charge in [-0.3, -0.25) is 0 Å². The Morgan fingerprint density at radius 2 is 2.31 bits per heavy atom. The first-order chi connectivity index (χ1) is 7.72. The molecule has 1 aliphatic rings. The summed E-state index contributed by atoms with van der Waals surface area (Å²) in [6, 6.07) is 6.92. The Bertz CT molecular complexity index is 364. The molecule has 1 heterocycles. The van der Waals surface area contributed by atoms with Crippen LogP contribution in [0.3, 0.4) is 0 Å². The fraction of sp³-hybridized carbons (Fsp3) is 0.500. The average Bonchev–Trinajstić information content (AvgIpc) is 2.81. The van der Waals surface area contributed by atoms with Crippen LogP contribution >= 0.6 is 31.9 Å². The molecule has 1 aromatic rings. The van der Waals surface area contributed by atoms with Crippen molar-refractivity contribution in [3.05, 3.63) is 28.2 Å². The lowest BCUT2D eigenvalue weighted by atomic mass is 10.1. The van der Waals surface area contributed by atoms with E-state index in [0.717, 1.165) is 29.4 Å². The molecule has 0 N–H and O–H groups in total. The summed E-state index contributed by atoms with van der Waals surface area (Å²) in [4.78, 5) is 2.33. The number of hydrogen-bond donors (Lipinski definition) is 0. The summed E-state index contributed by atoms with van der Waals surface area (Å²) in [7, 11) is 2.15. The maximum absolute atomic E-state index is 5.44. The number of likely N-dealkylation sites (N-methyl/N-ethyl adjacent to an activating group) is 1. The van der Waals surface area contributed by atoms with Crippen LogP contribution in [0.25, 0.3) is 0 Å². The maximum atomic E-state index is 5.44. The maximum Gasteiger partial charge on any atom is 0.0670 e. The van der Waals surface area contributed by atoms with Gasteiger partial charge in [0, 0.05) is 29.1 Å². The molecule has 1 fully saturated rings. The van der Waals surface area contributed by atoms with Crippen molar-refractivity contribution in [2.45, 2.75) is 17.8 Å².